The predicted octanol–water partition coefficient (Wildman–Crippen LogP) is 2.37. The Bertz CT molecular complexity index is 484. The molecule has 1 heterocycles. The zero-order valence-electron chi connectivity index (χ0n) is 7.50. The van der Waals surface area contributed by atoms with Gasteiger partial charge in [-0.2, -0.15) is 0 Å². The van der Waals surface area contributed by atoms with Crippen LogP contribution in [0.3, 0.4) is 0 Å². The second kappa shape index (κ2) is 3.92. The fourth-order valence-electron chi connectivity index (χ4n) is 1.16. The molecule has 0 saturated heterocycles. The minimum atomic E-state index is -0.635. The van der Waals surface area contributed by atoms with Gasteiger partial charge in [0.25, 0.3) is 0 Å². The van der Waals surface area contributed by atoms with Gasteiger partial charge in [-0.15, -0.1) is 11.3 Å². The van der Waals surface area contributed by atoms with Crippen molar-refractivity contribution in [3.63, 3.8) is 0 Å². The van der Waals surface area contributed by atoms with Gasteiger partial charge in [-0.05, 0) is 12.1 Å². The van der Waals surface area contributed by atoms with E-state index in [1.54, 1.807) is 5.38 Å². The maximum absolute atomic E-state index is 13.3. The van der Waals surface area contributed by atoms with Crippen molar-refractivity contribution in [2.24, 2.45) is 5.84 Å². The Labute approximate surface area is 88.5 Å². The molecule has 2 rings (SSSR count). The van der Waals surface area contributed by atoms with Gasteiger partial charge in [0.1, 0.15) is 11.6 Å². The van der Waals surface area contributed by atoms with E-state index >= 15 is 0 Å². The standard InChI is InChI=1S/C9H7F2N3S/c10-5-1-2-6(7(11)3-5)8-4-15-9(13-8)14-12/h1-4H,12H2,(H,13,14). The van der Waals surface area contributed by atoms with Gasteiger partial charge in [-0.3, -0.25) is 5.43 Å². The highest BCUT2D eigenvalue weighted by Gasteiger charge is 2.09. The monoisotopic (exact) mass is 227 g/mol. The van der Waals surface area contributed by atoms with E-state index in [9.17, 15) is 8.78 Å². The van der Waals surface area contributed by atoms with Crippen LogP contribution in [0.15, 0.2) is 23.6 Å². The zero-order chi connectivity index (χ0) is 10.8. The second-order valence-electron chi connectivity index (χ2n) is 2.81. The first-order valence-electron chi connectivity index (χ1n) is 4.08. The summed E-state index contributed by atoms with van der Waals surface area (Å²) in [7, 11) is 0. The topological polar surface area (TPSA) is 50.9 Å². The normalized spacial score (nSPS) is 10.3. The van der Waals surface area contributed by atoms with Gasteiger partial charge in [0, 0.05) is 17.0 Å². The molecule has 0 radical (unpaired) electrons. The highest BCUT2D eigenvalue weighted by Crippen LogP contribution is 2.26. The van der Waals surface area contributed by atoms with Crippen molar-refractivity contribution in [2.45, 2.75) is 0 Å². The van der Waals surface area contributed by atoms with Crippen LogP contribution in [-0.4, -0.2) is 4.98 Å². The number of aromatic nitrogens is 1. The van der Waals surface area contributed by atoms with E-state index in [1.165, 1.54) is 23.5 Å². The molecule has 1 aromatic heterocycles. The summed E-state index contributed by atoms with van der Waals surface area (Å²) in [5.74, 6) is 3.90. The van der Waals surface area contributed by atoms with Crippen LogP contribution >= 0.6 is 11.3 Å². The van der Waals surface area contributed by atoms with Crippen molar-refractivity contribution in [3.8, 4) is 11.3 Å². The molecule has 1 aromatic carbocycles. The van der Waals surface area contributed by atoms with Crippen LogP contribution in [0.5, 0.6) is 0 Å². The minimum absolute atomic E-state index is 0.258. The molecule has 2 aromatic rings. The van der Waals surface area contributed by atoms with Gasteiger partial charge < -0.3 is 0 Å². The SMILES string of the molecule is NNc1nc(-c2ccc(F)cc2F)cs1. The number of nitrogens with two attached hydrogens (primary N) is 1. The van der Waals surface area contributed by atoms with Crippen LogP contribution in [0.2, 0.25) is 0 Å². The summed E-state index contributed by atoms with van der Waals surface area (Å²) < 4.78 is 26.0. The average Bonchev–Trinajstić information content (AvgIpc) is 2.66. The molecule has 0 saturated carbocycles. The third-order valence-corrected chi connectivity index (χ3v) is 2.61. The van der Waals surface area contributed by atoms with E-state index in [0.29, 0.717) is 10.8 Å². The Morgan fingerprint density at radius 2 is 2.13 bits per heavy atom. The molecular formula is C9H7F2N3S. The van der Waals surface area contributed by atoms with Gasteiger partial charge in [0.05, 0.1) is 5.69 Å². The van der Waals surface area contributed by atoms with Gasteiger partial charge in [-0.1, -0.05) is 0 Å². The van der Waals surface area contributed by atoms with Crippen molar-refractivity contribution in [1.82, 2.24) is 4.98 Å². The lowest BCUT2D eigenvalue weighted by Crippen LogP contribution is -2.05. The number of rotatable bonds is 2. The fraction of sp³-hybridized carbons (Fsp3) is 0. The van der Waals surface area contributed by atoms with E-state index in [2.05, 4.69) is 10.4 Å². The molecule has 0 amide bonds. The Morgan fingerprint density at radius 3 is 2.73 bits per heavy atom. The number of nitrogen functional groups attached to an aromatic ring is 1. The third-order valence-electron chi connectivity index (χ3n) is 1.83. The number of hydrogen-bond acceptors (Lipinski definition) is 4. The number of halogens is 2. The largest absolute Gasteiger partial charge is 0.300 e. The zero-order valence-corrected chi connectivity index (χ0v) is 8.31. The highest BCUT2D eigenvalue weighted by molar-refractivity contribution is 7.14. The number of hydrazine groups is 1. The average molecular weight is 227 g/mol. The smallest absolute Gasteiger partial charge is 0.197 e. The fourth-order valence-corrected chi connectivity index (χ4v) is 1.78. The number of benzene rings is 1. The summed E-state index contributed by atoms with van der Waals surface area (Å²) in [6.45, 7) is 0. The Balaban J connectivity index is 2.44. The van der Waals surface area contributed by atoms with Crippen LogP contribution in [0.1, 0.15) is 0 Å². The molecule has 0 fully saturated rings. The minimum Gasteiger partial charge on any atom is -0.300 e. The molecule has 0 atom stereocenters. The van der Waals surface area contributed by atoms with Crippen molar-refractivity contribution in [1.29, 1.82) is 0 Å². The van der Waals surface area contributed by atoms with E-state index < -0.39 is 11.6 Å². The highest BCUT2D eigenvalue weighted by atomic mass is 32.1. The molecule has 15 heavy (non-hydrogen) atoms. The summed E-state index contributed by atoms with van der Waals surface area (Å²) in [6, 6.07) is 3.36. The van der Waals surface area contributed by atoms with Crippen molar-refractivity contribution >= 4 is 16.5 Å². The Hall–Kier alpha value is -1.53. The molecular weight excluding hydrogens is 220 g/mol. The number of thiazole rings is 1. The quantitative estimate of drug-likeness (QED) is 0.611. The summed E-state index contributed by atoms with van der Waals surface area (Å²) in [4.78, 5) is 4.01. The first-order valence-corrected chi connectivity index (χ1v) is 4.96. The second-order valence-corrected chi connectivity index (χ2v) is 3.66. The van der Waals surface area contributed by atoms with Crippen LogP contribution in [-0.2, 0) is 0 Å². The maximum atomic E-state index is 13.3. The number of hydrogen-bond donors (Lipinski definition) is 2. The Kier molecular flexibility index (Phi) is 2.61. The lowest BCUT2D eigenvalue weighted by atomic mass is 10.1. The van der Waals surface area contributed by atoms with E-state index in [0.717, 1.165) is 6.07 Å². The molecule has 0 spiro atoms. The number of nitrogens with one attached hydrogen (secondary N) is 1. The molecule has 6 heteroatoms. The molecule has 78 valence electrons. The first kappa shape index (κ1) is 10.0. The summed E-state index contributed by atoms with van der Waals surface area (Å²) in [5, 5.41) is 2.12. The summed E-state index contributed by atoms with van der Waals surface area (Å²) in [5.41, 5.74) is 3.05. The van der Waals surface area contributed by atoms with Crippen LogP contribution in [0.4, 0.5) is 13.9 Å². The van der Waals surface area contributed by atoms with Crippen molar-refractivity contribution in [3.05, 3.63) is 35.2 Å². The van der Waals surface area contributed by atoms with Crippen LogP contribution in [0.25, 0.3) is 11.3 Å². The van der Waals surface area contributed by atoms with Crippen LogP contribution in [0, 0.1) is 11.6 Å². The van der Waals surface area contributed by atoms with Gasteiger partial charge in [0.15, 0.2) is 5.13 Å². The molecule has 0 bridgehead atoms. The lowest BCUT2D eigenvalue weighted by molar-refractivity contribution is 0.585. The molecule has 0 unspecified atom stereocenters. The van der Waals surface area contributed by atoms with E-state index in [4.69, 9.17) is 5.84 Å². The van der Waals surface area contributed by atoms with Crippen LogP contribution < -0.4 is 11.3 Å². The first-order chi connectivity index (χ1) is 7.20. The number of nitrogens with zero attached hydrogens (tertiary/aromatic N) is 1. The van der Waals surface area contributed by atoms with Gasteiger partial charge in [0.2, 0.25) is 0 Å². The summed E-state index contributed by atoms with van der Waals surface area (Å²) >= 11 is 1.25. The maximum Gasteiger partial charge on any atom is 0.197 e. The molecule has 3 nitrogen and oxygen atoms in total. The third kappa shape index (κ3) is 1.95. The van der Waals surface area contributed by atoms with Crippen molar-refractivity contribution in [2.75, 3.05) is 5.43 Å². The number of anilines is 1. The lowest BCUT2D eigenvalue weighted by Gasteiger charge is -1.98. The molecule has 3 N–H and O–H groups in total. The molecule has 0 aliphatic heterocycles. The van der Waals surface area contributed by atoms with E-state index in [1.807, 2.05) is 0 Å². The molecule has 0 aliphatic carbocycles. The molecule has 0 aliphatic rings. The predicted molar refractivity (Wildman–Crippen MR) is 55.3 cm³/mol. The van der Waals surface area contributed by atoms with Gasteiger partial charge >= 0.3 is 0 Å². The van der Waals surface area contributed by atoms with Gasteiger partial charge in [-0.25, -0.2) is 19.6 Å². The van der Waals surface area contributed by atoms with E-state index in [-0.39, 0.29) is 5.56 Å². The summed E-state index contributed by atoms with van der Waals surface area (Å²) in [6.07, 6.45) is 0. The Morgan fingerprint density at radius 1 is 1.33 bits per heavy atom. The van der Waals surface area contributed by atoms with Crippen molar-refractivity contribution < 1.29 is 8.78 Å².